The first-order chi connectivity index (χ1) is 13.1. The summed E-state index contributed by atoms with van der Waals surface area (Å²) in [5.41, 5.74) is 5.91. The highest BCUT2D eigenvalue weighted by atomic mass is 16.5. The maximum Gasteiger partial charge on any atom is 0.138 e. The fourth-order valence-electron chi connectivity index (χ4n) is 3.84. The lowest BCUT2D eigenvalue weighted by Gasteiger charge is -2.17. The van der Waals surface area contributed by atoms with E-state index in [-0.39, 0.29) is 0 Å². The normalized spacial score (nSPS) is 14.2. The predicted octanol–water partition coefficient (Wildman–Crippen LogP) is 5.72. The van der Waals surface area contributed by atoms with E-state index in [4.69, 9.17) is 9.15 Å². The standard InChI is InChI=1S/C24H29NO2/c1-4-19-7-5-6-8-23(19)26-15-21-16-27-24-20(11-17(2)12-22(21)24)14-25(3)13-18-9-10-18/h5-8,11-12,16,18H,4,9-10,13-15H2,1-3H3. The van der Waals surface area contributed by atoms with Gasteiger partial charge in [0.05, 0.1) is 6.26 Å². The number of fused-ring (bicyclic) bond motifs is 1. The van der Waals surface area contributed by atoms with Gasteiger partial charge in [-0.3, -0.25) is 0 Å². The topological polar surface area (TPSA) is 25.6 Å². The van der Waals surface area contributed by atoms with Crippen LogP contribution in [0.5, 0.6) is 5.75 Å². The van der Waals surface area contributed by atoms with Crippen molar-refractivity contribution in [1.82, 2.24) is 4.90 Å². The molecular weight excluding hydrogens is 334 g/mol. The molecule has 1 aliphatic carbocycles. The number of aryl methyl sites for hydroxylation is 2. The summed E-state index contributed by atoms with van der Waals surface area (Å²) in [6, 6.07) is 12.7. The van der Waals surface area contributed by atoms with Crippen LogP contribution >= 0.6 is 0 Å². The van der Waals surface area contributed by atoms with E-state index in [2.05, 4.69) is 50.1 Å². The molecule has 0 atom stereocenters. The van der Waals surface area contributed by atoms with Crippen molar-refractivity contribution in [3.8, 4) is 5.75 Å². The number of para-hydroxylation sites is 1. The van der Waals surface area contributed by atoms with Gasteiger partial charge in [-0.25, -0.2) is 0 Å². The molecule has 3 aromatic rings. The molecule has 0 radical (unpaired) electrons. The fourth-order valence-corrected chi connectivity index (χ4v) is 3.84. The zero-order valence-corrected chi connectivity index (χ0v) is 16.6. The van der Waals surface area contributed by atoms with Gasteiger partial charge in [0.15, 0.2) is 0 Å². The van der Waals surface area contributed by atoms with Crippen molar-refractivity contribution in [2.24, 2.45) is 5.92 Å². The molecule has 0 amide bonds. The Hall–Kier alpha value is -2.26. The molecular formula is C24H29NO2. The highest BCUT2D eigenvalue weighted by molar-refractivity contribution is 5.84. The third-order valence-electron chi connectivity index (χ3n) is 5.42. The van der Waals surface area contributed by atoms with Gasteiger partial charge in [0.25, 0.3) is 0 Å². The second-order valence-corrected chi connectivity index (χ2v) is 7.95. The Morgan fingerprint density at radius 2 is 1.93 bits per heavy atom. The average molecular weight is 364 g/mol. The van der Waals surface area contributed by atoms with Crippen LogP contribution in [0.2, 0.25) is 0 Å². The summed E-state index contributed by atoms with van der Waals surface area (Å²) in [6.45, 7) is 6.96. The van der Waals surface area contributed by atoms with Crippen LogP contribution in [0.4, 0.5) is 0 Å². The maximum atomic E-state index is 6.13. The Balaban J connectivity index is 1.55. The number of nitrogens with zero attached hydrogens (tertiary/aromatic N) is 1. The van der Waals surface area contributed by atoms with E-state index >= 15 is 0 Å². The molecule has 4 rings (SSSR count). The van der Waals surface area contributed by atoms with Gasteiger partial charge in [-0.1, -0.05) is 31.2 Å². The summed E-state index contributed by atoms with van der Waals surface area (Å²) in [5.74, 6) is 1.86. The fraction of sp³-hybridized carbons (Fsp3) is 0.417. The SMILES string of the molecule is CCc1ccccc1OCc1coc2c(CN(C)CC3CC3)cc(C)cc12. The molecule has 1 aliphatic rings. The minimum Gasteiger partial charge on any atom is -0.488 e. The van der Waals surface area contributed by atoms with Crippen LogP contribution in [-0.2, 0) is 19.6 Å². The monoisotopic (exact) mass is 363 g/mol. The first-order valence-electron chi connectivity index (χ1n) is 10.0. The number of benzene rings is 2. The summed E-state index contributed by atoms with van der Waals surface area (Å²) in [7, 11) is 2.21. The number of rotatable bonds is 8. The van der Waals surface area contributed by atoms with E-state index in [1.807, 2.05) is 18.4 Å². The first kappa shape index (κ1) is 18.1. The van der Waals surface area contributed by atoms with Crippen LogP contribution in [0.25, 0.3) is 11.0 Å². The molecule has 0 spiro atoms. The van der Waals surface area contributed by atoms with Gasteiger partial charge in [0.2, 0.25) is 0 Å². The molecule has 1 saturated carbocycles. The Morgan fingerprint density at radius 3 is 2.70 bits per heavy atom. The second-order valence-electron chi connectivity index (χ2n) is 7.95. The van der Waals surface area contributed by atoms with E-state index in [0.717, 1.165) is 35.8 Å². The minimum absolute atomic E-state index is 0.533. The molecule has 0 unspecified atom stereocenters. The van der Waals surface area contributed by atoms with E-state index in [0.29, 0.717) is 6.61 Å². The van der Waals surface area contributed by atoms with Crippen LogP contribution in [0.1, 0.15) is 42.0 Å². The molecule has 142 valence electrons. The van der Waals surface area contributed by atoms with Crippen LogP contribution in [0.15, 0.2) is 47.1 Å². The Labute approximate surface area is 161 Å². The highest BCUT2D eigenvalue weighted by Crippen LogP contribution is 2.32. The summed E-state index contributed by atoms with van der Waals surface area (Å²) in [4.78, 5) is 2.42. The van der Waals surface area contributed by atoms with Crippen molar-refractivity contribution in [3.05, 3.63) is 64.9 Å². The molecule has 1 fully saturated rings. The lowest BCUT2D eigenvalue weighted by atomic mass is 10.0. The highest BCUT2D eigenvalue weighted by Gasteiger charge is 2.23. The largest absolute Gasteiger partial charge is 0.488 e. The van der Waals surface area contributed by atoms with Gasteiger partial charge in [0, 0.05) is 29.6 Å². The molecule has 3 heteroatoms. The minimum atomic E-state index is 0.533. The van der Waals surface area contributed by atoms with Gasteiger partial charge in [-0.05, 0) is 62.4 Å². The summed E-state index contributed by atoms with van der Waals surface area (Å²) < 4.78 is 12.1. The summed E-state index contributed by atoms with van der Waals surface area (Å²) in [5, 5.41) is 1.18. The quantitative estimate of drug-likeness (QED) is 0.511. The van der Waals surface area contributed by atoms with Crippen LogP contribution in [0, 0.1) is 12.8 Å². The molecule has 0 saturated heterocycles. The third-order valence-corrected chi connectivity index (χ3v) is 5.42. The van der Waals surface area contributed by atoms with Crippen molar-refractivity contribution in [1.29, 1.82) is 0 Å². The third kappa shape index (κ3) is 4.19. The van der Waals surface area contributed by atoms with Gasteiger partial charge in [-0.15, -0.1) is 0 Å². The number of hydrogen-bond acceptors (Lipinski definition) is 3. The number of hydrogen-bond donors (Lipinski definition) is 0. The maximum absolute atomic E-state index is 6.13. The summed E-state index contributed by atoms with van der Waals surface area (Å²) >= 11 is 0. The second kappa shape index (κ2) is 7.77. The molecule has 2 aromatic carbocycles. The van der Waals surface area contributed by atoms with Gasteiger partial charge >= 0.3 is 0 Å². The number of furan rings is 1. The van der Waals surface area contributed by atoms with Gasteiger partial charge in [-0.2, -0.15) is 0 Å². The summed E-state index contributed by atoms with van der Waals surface area (Å²) in [6.07, 6.45) is 5.60. The van der Waals surface area contributed by atoms with Gasteiger partial charge < -0.3 is 14.1 Å². The van der Waals surface area contributed by atoms with Crippen LogP contribution < -0.4 is 4.74 Å². The predicted molar refractivity (Wildman–Crippen MR) is 110 cm³/mol. The molecule has 0 bridgehead atoms. The first-order valence-corrected chi connectivity index (χ1v) is 10.0. The Morgan fingerprint density at radius 1 is 1.11 bits per heavy atom. The molecule has 1 heterocycles. The molecule has 0 aliphatic heterocycles. The molecule has 3 nitrogen and oxygen atoms in total. The van der Waals surface area contributed by atoms with E-state index in [1.165, 1.54) is 41.5 Å². The van der Waals surface area contributed by atoms with Crippen LogP contribution in [-0.4, -0.2) is 18.5 Å². The zero-order valence-electron chi connectivity index (χ0n) is 16.6. The van der Waals surface area contributed by atoms with E-state index in [9.17, 15) is 0 Å². The molecule has 27 heavy (non-hydrogen) atoms. The van der Waals surface area contributed by atoms with Crippen molar-refractivity contribution < 1.29 is 9.15 Å². The number of ether oxygens (including phenoxy) is 1. The molecule has 0 N–H and O–H groups in total. The molecule has 1 aromatic heterocycles. The van der Waals surface area contributed by atoms with Crippen molar-refractivity contribution in [2.45, 2.75) is 46.3 Å². The average Bonchev–Trinajstić information content (AvgIpc) is 3.37. The Bertz CT molecular complexity index is 923. The Kier molecular flexibility index (Phi) is 5.22. The van der Waals surface area contributed by atoms with Crippen molar-refractivity contribution in [2.75, 3.05) is 13.6 Å². The lowest BCUT2D eigenvalue weighted by molar-refractivity contribution is 0.303. The van der Waals surface area contributed by atoms with Crippen molar-refractivity contribution >= 4 is 11.0 Å². The van der Waals surface area contributed by atoms with Gasteiger partial charge in [0.1, 0.15) is 17.9 Å². The van der Waals surface area contributed by atoms with E-state index < -0.39 is 0 Å². The zero-order chi connectivity index (χ0) is 18.8. The van der Waals surface area contributed by atoms with Crippen LogP contribution in [0.3, 0.4) is 0 Å². The van der Waals surface area contributed by atoms with E-state index in [1.54, 1.807) is 0 Å². The smallest absolute Gasteiger partial charge is 0.138 e. The van der Waals surface area contributed by atoms with Crippen molar-refractivity contribution in [3.63, 3.8) is 0 Å². The lowest BCUT2D eigenvalue weighted by Crippen LogP contribution is -2.20.